The van der Waals surface area contributed by atoms with Crippen molar-refractivity contribution in [3.05, 3.63) is 28.2 Å². The van der Waals surface area contributed by atoms with Crippen molar-refractivity contribution in [3.8, 4) is 5.75 Å². The summed E-state index contributed by atoms with van der Waals surface area (Å²) in [4.78, 5) is 14.4. The first-order valence-electron chi connectivity index (χ1n) is 8.66. The van der Waals surface area contributed by atoms with E-state index in [0.29, 0.717) is 15.8 Å². The molecule has 0 aliphatic carbocycles. The van der Waals surface area contributed by atoms with Crippen LogP contribution in [0.4, 0.5) is 0 Å². The fraction of sp³-hybridized carbons (Fsp3) is 0.588. The largest absolute Gasteiger partial charge is 0.491 e. The summed E-state index contributed by atoms with van der Waals surface area (Å²) in [6.45, 7) is 1.92. The Bertz CT molecular complexity index is 766. The summed E-state index contributed by atoms with van der Waals surface area (Å²) in [6.07, 6.45) is 2.27. The molecule has 0 bridgehead atoms. The number of halogens is 2. The summed E-state index contributed by atoms with van der Waals surface area (Å²) in [5.74, 6) is 0.313. The fourth-order valence-electron chi connectivity index (χ4n) is 3.53. The van der Waals surface area contributed by atoms with Crippen LogP contribution in [0.5, 0.6) is 5.75 Å². The highest BCUT2D eigenvalue weighted by atomic mass is 35.5. The Labute approximate surface area is 163 Å². The van der Waals surface area contributed by atoms with Crippen LogP contribution in [0.2, 0.25) is 10.0 Å². The van der Waals surface area contributed by atoms with Crippen LogP contribution in [-0.4, -0.2) is 62.5 Å². The van der Waals surface area contributed by atoms with Crippen molar-refractivity contribution in [3.63, 3.8) is 0 Å². The van der Waals surface area contributed by atoms with Gasteiger partial charge in [0.15, 0.2) is 9.84 Å². The molecule has 2 fully saturated rings. The van der Waals surface area contributed by atoms with E-state index in [2.05, 4.69) is 10.2 Å². The van der Waals surface area contributed by atoms with E-state index in [1.54, 1.807) is 18.2 Å². The number of nitrogens with zero attached hydrogens (tertiary/aromatic N) is 1. The van der Waals surface area contributed by atoms with Crippen LogP contribution in [0.25, 0.3) is 0 Å². The molecule has 1 aromatic carbocycles. The average molecular weight is 421 g/mol. The van der Waals surface area contributed by atoms with Gasteiger partial charge in [-0.15, -0.1) is 0 Å². The van der Waals surface area contributed by atoms with Gasteiger partial charge in [0.2, 0.25) is 5.91 Å². The third-order valence-corrected chi connectivity index (χ3v) is 7.30. The Kier molecular flexibility index (Phi) is 6.33. The maximum Gasteiger partial charge on any atom is 0.223 e. The number of likely N-dealkylation sites (tertiary alicyclic amines) is 1. The molecular formula is C17H22Cl2N2O4S. The third-order valence-electron chi connectivity index (χ3n) is 4.78. The maximum atomic E-state index is 12.2. The first-order chi connectivity index (χ1) is 12.4. The number of ether oxygens (including phenoxy) is 1. The molecule has 6 nitrogen and oxygen atoms in total. The number of benzene rings is 1. The Morgan fingerprint density at radius 2 is 1.96 bits per heavy atom. The van der Waals surface area contributed by atoms with Crippen molar-refractivity contribution in [2.75, 3.05) is 31.2 Å². The summed E-state index contributed by atoms with van der Waals surface area (Å²) < 4.78 is 29.6. The van der Waals surface area contributed by atoms with Gasteiger partial charge < -0.3 is 10.1 Å². The van der Waals surface area contributed by atoms with Crippen LogP contribution in [-0.2, 0) is 14.6 Å². The lowest BCUT2D eigenvalue weighted by atomic mass is 10.1. The Morgan fingerprint density at radius 1 is 1.23 bits per heavy atom. The molecule has 1 amide bonds. The SMILES string of the molecule is O=C(CCOc1cccc(Cl)c1Cl)NC1CS(=O)(=O)CC1N1CCCC1. The first kappa shape index (κ1) is 19.7. The molecule has 0 spiro atoms. The molecule has 0 saturated carbocycles. The number of sulfone groups is 1. The highest BCUT2D eigenvalue weighted by molar-refractivity contribution is 7.91. The van der Waals surface area contributed by atoms with E-state index in [1.165, 1.54) is 0 Å². The minimum Gasteiger partial charge on any atom is -0.491 e. The van der Waals surface area contributed by atoms with Gasteiger partial charge >= 0.3 is 0 Å². The van der Waals surface area contributed by atoms with E-state index >= 15 is 0 Å². The fourth-order valence-corrected chi connectivity index (χ4v) is 5.83. The molecule has 2 aliphatic heterocycles. The van der Waals surface area contributed by atoms with Gasteiger partial charge in [-0.1, -0.05) is 29.3 Å². The van der Waals surface area contributed by atoms with E-state index < -0.39 is 9.84 Å². The normalized spacial score (nSPS) is 25.3. The number of carbonyl (C=O) groups is 1. The summed E-state index contributed by atoms with van der Waals surface area (Å²) in [5, 5.41) is 3.57. The monoisotopic (exact) mass is 420 g/mol. The smallest absolute Gasteiger partial charge is 0.223 e. The van der Waals surface area contributed by atoms with Crippen LogP contribution in [0.3, 0.4) is 0 Å². The van der Waals surface area contributed by atoms with Crippen LogP contribution in [0, 0.1) is 0 Å². The standard InChI is InChI=1S/C17H22Cl2N2O4S/c18-12-4-3-5-15(17(12)19)25-9-6-16(22)20-13-10-26(23,24)11-14(13)21-7-1-2-8-21/h3-5,13-14H,1-2,6-11H2,(H,20,22). The summed E-state index contributed by atoms with van der Waals surface area (Å²) >= 11 is 12.0. The van der Waals surface area contributed by atoms with Crippen molar-refractivity contribution in [2.45, 2.75) is 31.3 Å². The lowest BCUT2D eigenvalue weighted by Gasteiger charge is -2.28. The molecule has 1 aromatic rings. The molecular weight excluding hydrogens is 399 g/mol. The molecule has 0 radical (unpaired) electrons. The number of hydrogen-bond acceptors (Lipinski definition) is 5. The van der Waals surface area contributed by atoms with Crippen molar-refractivity contribution in [1.29, 1.82) is 0 Å². The van der Waals surface area contributed by atoms with E-state index in [0.717, 1.165) is 25.9 Å². The molecule has 2 aliphatic rings. The third kappa shape index (κ3) is 4.82. The molecule has 26 heavy (non-hydrogen) atoms. The van der Waals surface area contributed by atoms with E-state index in [9.17, 15) is 13.2 Å². The highest BCUT2D eigenvalue weighted by Gasteiger charge is 2.42. The molecule has 144 valence electrons. The predicted octanol–water partition coefficient (Wildman–Crippen LogP) is 2.14. The molecule has 0 aromatic heterocycles. The van der Waals surface area contributed by atoms with Crippen LogP contribution in [0.1, 0.15) is 19.3 Å². The first-order valence-corrected chi connectivity index (χ1v) is 11.2. The molecule has 2 atom stereocenters. The quantitative estimate of drug-likeness (QED) is 0.762. The van der Waals surface area contributed by atoms with Crippen molar-refractivity contribution >= 4 is 38.9 Å². The zero-order valence-electron chi connectivity index (χ0n) is 14.3. The van der Waals surface area contributed by atoms with Gasteiger partial charge in [-0.05, 0) is 38.1 Å². The second kappa shape index (κ2) is 8.33. The molecule has 1 N–H and O–H groups in total. The second-order valence-electron chi connectivity index (χ2n) is 6.71. The van der Waals surface area contributed by atoms with Crippen LogP contribution >= 0.6 is 23.2 Å². The molecule has 3 rings (SSSR count). The minimum atomic E-state index is -3.12. The zero-order chi connectivity index (χ0) is 18.7. The number of hydrogen-bond donors (Lipinski definition) is 1. The van der Waals surface area contributed by atoms with E-state index in [4.69, 9.17) is 27.9 Å². The minimum absolute atomic E-state index is 0.000878. The second-order valence-corrected chi connectivity index (χ2v) is 9.65. The van der Waals surface area contributed by atoms with E-state index in [-0.39, 0.29) is 42.5 Å². The molecule has 2 unspecified atom stereocenters. The van der Waals surface area contributed by atoms with E-state index in [1.807, 2.05) is 0 Å². The predicted molar refractivity (Wildman–Crippen MR) is 102 cm³/mol. The van der Waals surface area contributed by atoms with Gasteiger partial charge in [-0.2, -0.15) is 0 Å². The van der Waals surface area contributed by atoms with Crippen molar-refractivity contribution < 1.29 is 17.9 Å². The summed E-state index contributed by atoms with van der Waals surface area (Å²) in [6, 6.07) is 4.56. The lowest BCUT2D eigenvalue weighted by Crippen LogP contribution is -2.50. The van der Waals surface area contributed by atoms with Crippen LogP contribution in [0.15, 0.2) is 18.2 Å². The van der Waals surface area contributed by atoms with Crippen molar-refractivity contribution in [2.24, 2.45) is 0 Å². The van der Waals surface area contributed by atoms with Gasteiger partial charge in [-0.3, -0.25) is 9.69 Å². The van der Waals surface area contributed by atoms with Gasteiger partial charge in [0, 0.05) is 6.04 Å². The number of carbonyl (C=O) groups excluding carboxylic acids is 1. The van der Waals surface area contributed by atoms with Gasteiger partial charge in [0.25, 0.3) is 0 Å². The van der Waals surface area contributed by atoms with Crippen molar-refractivity contribution in [1.82, 2.24) is 10.2 Å². The zero-order valence-corrected chi connectivity index (χ0v) is 16.6. The van der Waals surface area contributed by atoms with Crippen LogP contribution < -0.4 is 10.1 Å². The topological polar surface area (TPSA) is 75.7 Å². The Balaban J connectivity index is 1.52. The highest BCUT2D eigenvalue weighted by Crippen LogP contribution is 2.31. The average Bonchev–Trinajstić information content (AvgIpc) is 3.19. The molecule has 2 heterocycles. The number of amides is 1. The Morgan fingerprint density at radius 3 is 2.69 bits per heavy atom. The molecule has 9 heteroatoms. The number of rotatable bonds is 6. The summed E-state index contributed by atoms with van der Waals surface area (Å²) in [5.41, 5.74) is 0. The summed E-state index contributed by atoms with van der Waals surface area (Å²) in [7, 11) is -3.12. The Hall–Kier alpha value is -1.02. The molecule has 2 saturated heterocycles. The van der Waals surface area contributed by atoms with Gasteiger partial charge in [0.05, 0.1) is 35.6 Å². The van der Waals surface area contributed by atoms with Gasteiger partial charge in [0.1, 0.15) is 10.8 Å². The van der Waals surface area contributed by atoms with Gasteiger partial charge in [-0.25, -0.2) is 8.42 Å². The number of nitrogens with one attached hydrogen (secondary N) is 1. The maximum absolute atomic E-state index is 12.2. The lowest BCUT2D eigenvalue weighted by molar-refractivity contribution is -0.122.